The minimum atomic E-state index is 0.0101. The maximum absolute atomic E-state index is 12.8. The second-order valence-electron chi connectivity index (χ2n) is 10.3. The number of aromatic nitrogens is 3. The second kappa shape index (κ2) is 11.0. The summed E-state index contributed by atoms with van der Waals surface area (Å²) in [5.41, 5.74) is 4.00. The first-order chi connectivity index (χ1) is 18.0. The van der Waals surface area contributed by atoms with Gasteiger partial charge in [0.2, 0.25) is 5.95 Å². The van der Waals surface area contributed by atoms with Gasteiger partial charge in [0.25, 0.3) is 5.91 Å². The van der Waals surface area contributed by atoms with Crippen molar-refractivity contribution in [2.24, 2.45) is 5.92 Å². The van der Waals surface area contributed by atoms with Gasteiger partial charge in [0, 0.05) is 50.5 Å². The largest absolute Gasteiger partial charge is 0.362 e. The minimum absolute atomic E-state index is 0.0101. The Labute approximate surface area is 218 Å². The summed E-state index contributed by atoms with van der Waals surface area (Å²) in [7, 11) is 4.02. The lowest BCUT2D eigenvalue weighted by Gasteiger charge is -2.29. The SMILES string of the molecule is Cc1cc(C(=O)NCC2CCC(Nc3nc(N(C)C)c4ccccc4n3)CC2)cn1Cc1ccccc1. The summed E-state index contributed by atoms with van der Waals surface area (Å²) in [6.45, 7) is 3.54. The van der Waals surface area contributed by atoms with E-state index < -0.39 is 0 Å². The molecular formula is C30H36N6O. The average Bonchev–Trinajstić information content (AvgIpc) is 3.28. The molecule has 0 bridgehead atoms. The van der Waals surface area contributed by atoms with Crippen molar-refractivity contribution in [3.8, 4) is 0 Å². The molecule has 2 heterocycles. The van der Waals surface area contributed by atoms with Crippen LogP contribution in [0.5, 0.6) is 0 Å². The maximum atomic E-state index is 12.8. The average molecular weight is 497 g/mol. The van der Waals surface area contributed by atoms with Crippen molar-refractivity contribution in [2.75, 3.05) is 30.9 Å². The molecule has 0 unspecified atom stereocenters. The van der Waals surface area contributed by atoms with E-state index in [-0.39, 0.29) is 5.91 Å². The van der Waals surface area contributed by atoms with Crippen LogP contribution in [0.25, 0.3) is 10.9 Å². The molecule has 7 heteroatoms. The first-order valence-corrected chi connectivity index (χ1v) is 13.2. The van der Waals surface area contributed by atoms with Gasteiger partial charge >= 0.3 is 0 Å². The number of anilines is 2. The zero-order valence-corrected chi connectivity index (χ0v) is 21.9. The number of rotatable bonds is 8. The van der Waals surface area contributed by atoms with Gasteiger partial charge in [-0.3, -0.25) is 4.79 Å². The van der Waals surface area contributed by atoms with E-state index in [2.05, 4.69) is 40.3 Å². The number of carbonyl (C=O) groups is 1. The quantitative estimate of drug-likeness (QED) is 0.348. The lowest BCUT2D eigenvalue weighted by atomic mass is 9.86. The fourth-order valence-corrected chi connectivity index (χ4v) is 5.19. The van der Waals surface area contributed by atoms with E-state index in [0.29, 0.717) is 24.5 Å². The molecular weight excluding hydrogens is 460 g/mol. The molecule has 37 heavy (non-hydrogen) atoms. The molecule has 1 fully saturated rings. The molecule has 5 rings (SSSR count). The van der Waals surface area contributed by atoms with Gasteiger partial charge in [-0.05, 0) is 62.3 Å². The van der Waals surface area contributed by atoms with Crippen LogP contribution in [0.15, 0.2) is 66.9 Å². The minimum Gasteiger partial charge on any atom is -0.362 e. The molecule has 7 nitrogen and oxygen atoms in total. The standard InChI is InChI=1S/C30H36N6O/c1-21-17-24(20-36(21)19-23-9-5-4-6-10-23)29(37)31-18-22-13-15-25(16-14-22)32-30-33-27-12-8-7-11-26(27)28(34-30)35(2)3/h4-12,17,20,22,25H,13-16,18-19H2,1-3H3,(H,31,37)(H,32,33,34). The summed E-state index contributed by atoms with van der Waals surface area (Å²) in [6.07, 6.45) is 6.19. The topological polar surface area (TPSA) is 75.1 Å². The van der Waals surface area contributed by atoms with Crippen molar-refractivity contribution in [1.29, 1.82) is 0 Å². The summed E-state index contributed by atoms with van der Waals surface area (Å²) < 4.78 is 2.14. The summed E-state index contributed by atoms with van der Waals surface area (Å²) in [6, 6.07) is 20.8. The van der Waals surface area contributed by atoms with Gasteiger partial charge < -0.3 is 20.1 Å². The van der Waals surface area contributed by atoms with Gasteiger partial charge in [0.15, 0.2) is 0 Å². The Morgan fingerprint density at radius 2 is 1.73 bits per heavy atom. The van der Waals surface area contributed by atoms with Crippen LogP contribution in [-0.2, 0) is 6.54 Å². The molecule has 0 spiro atoms. The van der Waals surface area contributed by atoms with E-state index in [4.69, 9.17) is 9.97 Å². The molecule has 192 valence electrons. The van der Waals surface area contributed by atoms with Gasteiger partial charge in [0.1, 0.15) is 5.82 Å². The number of fused-ring (bicyclic) bond motifs is 1. The molecule has 0 aliphatic heterocycles. The summed E-state index contributed by atoms with van der Waals surface area (Å²) >= 11 is 0. The number of para-hydroxylation sites is 1. The first kappa shape index (κ1) is 24.8. The van der Waals surface area contributed by atoms with Crippen LogP contribution in [0.3, 0.4) is 0 Å². The molecule has 0 saturated heterocycles. The highest BCUT2D eigenvalue weighted by Gasteiger charge is 2.23. The van der Waals surface area contributed by atoms with Gasteiger partial charge in [-0.2, -0.15) is 4.98 Å². The van der Waals surface area contributed by atoms with Crippen molar-refractivity contribution < 1.29 is 4.79 Å². The Morgan fingerprint density at radius 1 is 1.00 bits per heavy atom. The molecule has 4 aromatic rings. The molecule has 1 saturated carbocycles. The fraction of sp³-hybridized carbons (Fsp3) is 0.367. The van der Waals surface area contributed by atoms with Crippen molar-refractivity contribution in [1.82, 2.24) is 19.9 Å². The predicted molar refractivity (Wildman–Crippen MR) is 150 cm³/mol. The Hall–Kier alpha value is -3.87. The number of hydrogen-bond donors (Lipinski definition) is 2. The molecule has 2 aromatic heterocycles. The highest BCUT2D eigenvalue weighted by molar-refractivity contribution is 5.94. The number of nitrogens with one attached hydrogen (secondary N) is 2. The Bertz CT molecular complexity index is 1360. The van der Waals surface area contributed by atoms with Crippen LogP contribution < -0.4 is 15.5 Å². The number of nitrogens with zero attached hydrogens (tertiary/aromatic N) is 4. The van der Waals surface area contributed by atoms with Crippen LogP contribution in [0.2, 0.25) is 0 Å². The van der Waals surface area contributed by atoms with Crippen molar-refractivity contribution >= 4 is 28.6 Å². The highest BCUT2D eigenvalue weighted by Crippen LogP contribution is 2.28. The second-order valence-corrected chi connectivity index (χ2v) is 10.3. The van der Waals surface area contributed by atoms with E-state index in [1.54, 1.807) is 0 Å². The normalized spacial score (nSPS) is 17.5. The van der Waals surface area contributed by atoms with Gasteiger partial charge in [0.05, 0.1) is 11.1 Å². The monoisotopic (exact) mass is 496 g/mol. The lowest BCUT2D eigenvalue weighted by Crippen LogP contribution is -2.34. The van der Waals surface area contributed by atoms with Crippen LogP contribution in [0, 0.1) is 12.8 Å². The van der Waals surface area contributed by atoms with Crippen LogP contribution in [0.4, 0.5) is 11.8 Å². The molecule has 1 amide bonds. The van der Waals surface area contributed by atoms with Crippen LogP contribution in [-0.4, -0.2) is 47.1 Å². The molecule has 2 N–H and O–H groups in total. The van der Waals surface area contributed by atoms with E-state index in [9.17, 15) is 4.79 Å². The van der Waals surface area contributed by atoms with Crippen LogP contribution >= 0.6 is 0 Å². The molecule has 0 atom stereocenters. The van der Waals surface area contributed by atoms with Gasteiger partial charge in [-0.1, -0.05) is 42.5 Å². The Balaban J connectivity index is 1.12. The number of hydrogen-bond acceptors (Lipinski definition) is 5. The third kappa shape index (κ3) is 5.93. The van der Waals surface area contributed by atoms with E-state index in [0.717, 1.165) is 60.2 Å². The predicted octanol–water partition coefficient (Wildman–Crippen LogP) is 5.25. The summed E-state index contributed by atoms with van der Waals surface area (Å²) in [5.74, 6) is 2.12. The lowest BCUT2D eigenvalue weighted by molar-refractivity contribution is 0.0943. The van der Waals surface area contributed by atoms with Crippen molar-refractivity contribution in [3.05, 3.63) is 83.7 Å². The maximum Gasteiger partial charge on any atom is 0.252 e. The van der Waals surface area contributed by atoms with E-state index >= 15 is 0 Å². The number of carbonyl (C=O) groups excluding carboxylic acids is 1. The molecule has 0 radical (unpaired) electrons. The summed E-state index contributed by atoms with van der Waals surface area (Å²) in [4.78, 5) is 24.4. The number of amides is 1. The Morgan fingerprint density at radius 3 is 2.49 bits per heavy atom. The van der Waals surface area contributed by atoms with Gasteiger partial charge in [-0.15, -0.1) is 0 Å². The molecule has 1 aliphatic rings. The molecule has 2 aromatic carbocycles. The third-order valence-corrected chi connectivity index (χ3v) is 7.31. The zero-order valence-electron chi connectivity index (χ0n) is 21.9. The van der Waals surface area contributed by atoms with Gasteiger partial charge in [-0.25, -0.2) is 4.98 Å². The third-order valence-electron chi connectivity index (χ3n) is 7.31. The fourth-order valence-electron chi connectivity index (χ4n) is 5.19. The summed E-state index contributed by atoms with van der Waals surface area (Å²) in [5, 5.41) is 7.80. The first-order valence-electron chi connectivity index (χ1n) is 13.2. The van der Waals surface area contributed by atoms with E-state index in [1.807, 2.05) is 67.7 Å². The number of benzene rings is 2. The smallest absolute Gasteiger partial charge is 0.252 e. The van der Waals surface area contributed by atoms with Crippen molar-refractivity contribution in [2.45, 2.75) is 45.2 Å². The van der Waals surface area contributed by atoms with Crippen molar-refractivity contribution in [3.63, 3.8) is 0 Å². The number of aryl methyl sites for hydroxylation is 1. The zero-order chi connectivity index (χ0) is 25.8. The highest BCUT2D eigenvalue weighted by atomic mass is 16.1. The Kier molecular flexibility index (Phi) is 7.40. The van der Waals surface area contributed by atoms with Crippen LogP contribution in [0.1, 0.15) is 47.3 Å². The van der Waals surface area contributed by atoms with E-state index in [1.165, 1.54) is 5.56 Å². The molecule has 1 aliphatic carbocycles.